The number of thiazole rings is 1. The number of nitrogens with zero attached hydrogens (tertiary/aromatic N) is 1. The van der Waals surface area contributed by atoms with E-state index in [1.165, 1.54) is 11.3 Å². The van der Waals surface area contributed by atoms with Crippen molar-refractivity contribution >= 4 is 11.3 Å². The summed E-state index contributed by atoms with van der Waals surface area (Å²) in [5, 5.41) is 12.5. The molecule has 0 spiro atoms. The number of benzene rings is 1. The molecule has 2 rings (SSSR count). The summed E-state index contributed by atoms with van der Waals surface area (Å²) >= 11 is 1.45. The van der Waals surface area contributed by atoms with E-state index in [1.807, 2.05) is 35.7 Å². The minimum absolute atomic E-state index is 0.153. The SMILES string of the molecule is NC(CC(O)c1nccs1)c1ccccc1. The Morgan fingerprint density at radius 3 is 2.69 bits per heavy atom. The molecule has 2 unspecified atom stereocenters. The molecule has 0 aliphatic heterocycles. The van der Waals surface area contributed by atoms with Crippen LogP contribution in [0.4, 0.5) is 0 Å². The van der Waals surface area contributed by atoms with E-state index in [9.17, 15) is 5.11 Å². The molecule has 1 heterocycles. The van der Waals surface area contributed by atoms with Crippen molar-refractivity contribution in [3.8, 4) is 0 Å². The molecule has 84 valence electrons. The molecular formula is C12H14N2OS. The van der Waals surface area contributed by atoms with Gasteiger partial charge in [0.05, 0.1) is 0 Å². The maximum atomic E-state index is 9.91. The number of nitrogens with two attached hydrogens (primary N) is 1. The first-order valence-corrected chi connectivity index (χ1v) is 6.03. The fourth-order valence-electron chi connectivity index (χ4n) is 1.58. The number of aliphatic hydroxyl groups is 1. The van der Waals surface area contributed by atoms with Crippen molar-refractivity contribution in [3.63, 3.8) is 0 Å². The summed E-state index contributed by atoms with van der Waals surface area (Å²) < 4.78 is 0. The summed E-state index contributed by atoms with van der Waals surface area (Å²) in [6.45, 7) is 0. The van der Waals surface area contributed by atoms with E-state index in [4.69, 9.17) is 5.73 Å². The van der Waals surface area contributed by atoms with Crippen molar-refractivity contribution in [1.82, 2.24) is 4.98 Å². The molecule has 16 heavy (non-hydrogen) atoms. The minimum atomic E-state index is -0.574. The summed E-state index contributed by atoms with van der Waals surface area (Å²) in [4.78, 5) is 4.08. The van der Waals surface area contributed by atoms with Gasteiger partial charge < -0.3 is 10.8 Å². The first kappa shape index (κ1) is 11.3. The molecule has 1 aromatic heterocycles. The molecule has 0 aliphatic rings. The Kier molecular flexibility index (Phi) is 3.66. The topological polar surface area (TPSA) is 59.1 Å². The van der Waals surface area contributed by atoms with Gasteiger partial charge in [0.2, 0.25) is 0 Å². The third-order valence-electron chi connectivity index (χ3n) is 2.44. The maximum Gasteiger partial charge on any atom is 0.121 e. The molecule has 2 aromatic rings. The molecule has 0 amide bonds. The van der Waals surface area contributed by atoms with Gasteiger partial charge in [-0.15, -0.1) is 11.3 Å². The highest BCUT2D eigenvalue weighted by atomic mass is 32.1. The van der Waals surface area contributed by atoms with E-state index in [1.54, 1.807) is 6.20 Å². The van der Waals surface area contributed by atoms with Crippen LogP contribution >= 0.6 is 11.3 Å². The molecule has 2 atom stereocenters. The number of hydrogen-bond donors (Lipinski definition) is 2. The largest absolute Gasteiger partial charge is 0.386 e. The van der Waals surface area contributed by atoms with E-state index in [-0.39, 0.29) is 6.04 Å². The van der Waals surface area contributed by atoms with Gasteiger partial charge >= 0.3 is 0 Å². The molecule has 3 N–H and O–H groups in total. The van der Waals surface area contributed by atoms with Crippen molar-refractivity contribution in [1.29, 1.82) is 0 Å². The zero-order valence-corrected chi connectivity index (χ0v) is 9.60. The second-order valence-electron chi connectivity index (χ2n) is 3.64. The third-order valence-corrected chi connectivity index (χ3v) is 3.32. The lowest BCUT2D eigenvalue weighted by atomic mass is 10.0. The second kappa shape index (κ2) is 5.21. The fourth-order valence-corrected chi connectivity index (χ4v) is 2.21. The molecule has 0 fully saturated rings. The molecule has 0 bridgehead atoms. The number of rotatable bonds is 4. The molecular weight excluding hydrogens is 220 g/mol. The van der Waals surface area contributed by atoms with Crippen LogP contribution in [0.25, 0.3) is 0 Å². The van der Waals surface area contributed by atoms with Gasteiger partial charge in [-0.2, -0.15) is 0 Å². The molecule has 0 saturated heterocycles. The van der Waals surface area contributed by atoms with Gasteiger partial charge in [0, 0.05) is 17.6 Å². The summed E-state index contributed by atoms with van der Waals surface area (Å²) in [5.74, 6) is 0. The van der Waals surface area contributed by atoms with Crippen LogP contribution in [0.5, 0.6) is 0 Å². The number of aromatic nitrogens is 1. The molecule has 0 saturated carbocycles. The van der Waals surface area contributed by atoms with E-state index in [0.29, 0.717) is 6.42 Å². The smallest absolute Gasteiger partial charge is 0.121 e. The van der Waals surface area contributed by atoms with Gasteiger partial charge in [-0.25, -0.2) is 4.98 Å². The van der Waals surface area contributed by atoms with Crippen LogP contribution in [0.15, 0.2) is 41.9 Å². The van der Waals surface area contributed by atoms with Gasteiger partial charge in [-0.05, 0) is 12.0 Å². The Morgan fingerprint density at radius 2 is 2.06 bits per heavy atom. The summed E-state index contributed by atoms with van der Waals surface area (Å²) in [6, 6.07) is 9.64. The zero-order chi connectivity index (χ0) is 11.4. The van der Waals surface area contributed by atoms with Crippen LogP contribution in [0, 0.1) is 0 Å². The summed E-state index contributed by atoms with van der Waals surface area (Å²) in [5.41, 5.74) is 7.06. The number of aliphatic hydroxyl groups excluding tert-OH is 1. The highest BCUT2D eigenvalue weighted by molar-refractivity contribution is 7.09. The lowest BCUT2D eigenvalue weighted by Gasteiger charge is -2.15. The van der Waals surface area contributed by atoms with Crippen molar-refractivity contribution < 1.29 is 5.11 Å². The van der Waals surface area contributed by atoms with Crippen LogP contribution in [0.1, 0.15) is 29.1 Å². The molecule has 4 heteroatoms. The first-order chi connectivity index (χ1) is 7.77. The minimum Gasteiger partial charge on any atom is -0.386 e. The zero-order valence-electron chi connectivity index (χ0n) is 8.78. The van der Waals surface area contributed by atoms with E-state index >= 15 is 0 Å². The predicted molar refractivity (Wildman–Crippen MR) is 65.1 cm³/mol. The lowest BCUT2D eigenvalue weighted by Crippen LogP contribution is -2.14. The Balaban J connectivity index is 2.00. The maximum absolute atomic E-state index is 9.91. The quantitative estimate of drug-likeness (QED) is 0.853. The monoisotopic (exact) mass is 234 g/mol. The van der Waals surface area contributed by atoms with Gasteiger partial charge in [0.25, 0.3) is 0 Å². The average molecular weight is 234 g/mol. The lowest BCUT2D eigenvalue weighted by molar-refractivity contribution is 0.157. The average Bonchev–Trinajstić information content (AvgIpc) is 2.83. The van der Waals surface area contributed by atoms with Crippen LogP contribution < -0.4 is 5.73 Å². The summed E-state index contributed by atoms with van der Waals surface area (Å²) in [6.07, 6.45) is 1.62. The Bertz CT molecular complexity index is 416. The normalized spacial score (nSPS) is 14.6. The Labute approximate surface area is 98.6 Å². The Morgan fingerprint density at radius 1 is 1.31 bits per heavy atom. The first-order valence-electron chi connectivity index (χ1n) is 5.15. The van der Waals surface area contributed by atoms with Crippen LogP contribution in [0.3, 0.4) is 0 Å². The fraction of sp³-hybridized carbons (Fsp3) is 0.250. The highest BCUT2D eigenvalue weighted by Gasteiger charge is 2.15. The van der Waals surface area contributed by atoms with Gasteiger partial charge in [-0.3, -0.25) is 0 Å². The molecule has 3 nitrogen and oxygen atoms in total. The third kappa shape index (κ3) is 2.66. The Hall–Kier alpha value is -1.23. The van der Waals surface area contributed by atoms with E-state index in [0.717, 1.165) is 10.6 Å². The van der Waals surface area contributed by atoms with Gasteiger partial charge in [-0.1, -0.05) is 30.3 Å². The van der Waals surface area contributed by atoms with Crippen LogP contribution in [0.2, 0.25) is 0 Å². The van der Waals surface area contributed by atoms with Crippen molar-refractivity contribution in [2.45, 2.75) is 18.6 Å². The van der Waals surface area contributed by atoms with Crippen molar-refractivity contribution in [2.75, 3.05) is 0 Å². The van der Waals surface area contributed by atoms with E-state index in [2.05, 4.69) is 4.98 Å². The van der Waals surface area contributed by atoms with Crippen molar-refractivity contribution in [2.24, 2.45) is 5.73 Å². The molecule has 1 aromatic carbocycles. The molecule has 0 aliphatic carbocycles. The van der Waals surface area contributed by atoms with Crippen LogP contribution in [-0.4, -0.2) is 10.1 Å². The standard InChI is InChI=1S/C12H14N2OS/c13-10(9-4-2-1-3-5-9)8-11(15)12-14-6-7-16-12/h1-7,10-11,15H,8,13H2. The molecule has 0 radical (unpaired) electrons. The highest BCUT2D eigenvalue weighted by Crippen LogP contribution is 2.25. The van der Waals surface area contributed by atoms with E-state index < -0.39 is 6.10 Å². The van der Waals surface area contributed by atoms with Gasteiger partial charge in [0.15, 0.2) is 0 Å². The van der Waals surface area contributed by atoms with Crippen LogP contribution in [-0.2, 0) is 0 Å². The van der Waals surface area contributed by atoms with Gasteiger partial charge in [0.1, 0.15) is 11.1 Å². The summed E-state index contributed by atoms with van der Waals surface area (Å²) in [7, 11) is 0. The second-order valence-corrected chi connectivity index (χ2v) is 4.57. The van der Waals surface area contributed by atoms with Crippen molar-refractivity contribution in [3.05, 3.63) is 52.5 Å². The predicted octanol–water partition coefficient (Wildman–Crippen LogP) is 2.27. The number of hydrogen-bond acceptors (Lipinski definition) is 4.